The number of hydrogen-bond acceptors (Lipinski definition) is 4. The number of methoxy groups -OCH3 is 1. The minimum Gasteiger partial charge on any atom is -0.382 e. The van der Waals surface area contributed by atoms with Gasteiger partial charge in [0.2, 0.25) is 0 Å². The van der Waals surface area contributed by atoms with Gasteiger partial charge in [0.05, 0.1) is 19.3 Å². The van der Waals surface area contributed by atoms with Crippen LogP contribution in [0.5, 0.6) is 0 Å². The van der Waals surface area contributed by atoms with Crippen LogP contribution in [0.25, 0.3) is 0 Å². The first-order valence-electron chi connectivity index (χ1n) is 8.45. The summed E-state index contributed by atoms with van der Waals surface area (Å²) in [5, 5.41) is 3.49. The van der Waals surface area contributed by atoms with Gasteiger partial charge in [-0.3, -0.25) is 4.90 Å². The fourth-order valence-electron chi connectivity index (χ4n) is 4.49. The summed E-state index contributed by atoms with van der Waals surface area (Å²) in [6, 6.07) is 0.789. The minimum absolute atomic E-state index is 0.369. The van der Waals surface area contributed by atoms with E-state index in [1.807, 2.05) is 0 Å². The number of hydrogen-bond donors (Lipinski definition) is 1. The second kappa shape index (κ2) is 6.73. The van der Waals surface area contributed by atoms with Gasteiger partial charge in [-0.05, 0) is 38.8 Å². The lowest BCUT2D eigenvalue weighted by Crippen LogP contribution is -2.75. The summed E-state index contributed by atoms with van der Waals surface area (Å²) in [4.78, 5) is 2.81. The first-order valence-corrected chi connectivity index (χ1v) is 8.45. The molecule has 2 saturated heterocycles. The van der Waals surface area contributed by atoms with Crippen LogP contribution in [-0.4, -0.2) is 62.5 Å². The molecule has 2 aliphatic heterocycles. The predicted molar refractivity (Wildman–Crippen MR) is 80.0 cm³/mol. The van der Waals surface area contributed by atoms with Crippen LogP contribution in [0.2, 0.25) is 0 Å². The van der Waals surface area contributed by atoms with Gasteiger partial charge in [0.15, 0.2) is 0 Å². The Morgan fingerprint density at radius 1 is 1.10 bits per heavy atom. The molecule has 3 fully saturated rings. The van der Waals surface area contributed by atoms with Crippen molar-refractivity contribution in [3.63, 3.8) is 0 Å². The number of piperidine rings is 1. The molecule has 0 aromatic heterocycles. The van der Waals surface area contributed by atoms with Crippen molar-refractivity contribution in [3.8, 4) is 0 Å². The maximum atomic E-state index is 6.15. The summed E-state index contributed by atoms with van der Waals surface area (Å²) in [6.07, 6.45) is 9.93. The van der Waals surface area contributed by atoms with Crippen molar-refractivity contribution < 1.29 is 9.47 Å². The van der Waals surface area contributed by atoms with E-state index in [0.29, 0.717) is 11.6 Å². The van der Waals surface area contributed by atoms with Gasteiger partial charge < -0.3 is 14.8 Å². The average molecular weight is 282 g/mol. The molecule has 3 rings (SSSR count). The SMILES string of the molecule is COCCO[C@@H]1CN(C2CCNCC2)C12CCCCC2. The first kappa shape index (κ1) is 14.8. The number of rotatable bonds is 5. The number of nitrogens with one attached hydrogen (secondary N) is 1. The zero-order valence-electron chi connectivity index (χ0n) is 12.9. The maximum Gasteiger partial charge on any atom is 0.0886 e. The van der Waals surface area contributed by atoms with Gasteiger partial charge in [-0.25, -0.2) is 0 Å². The van der Waals surface area contributed by atoms with Crippen molar-refractivity contribution in [2.24, 2.45) is 0 Å². The molecule has 4 heteroatoms. The van der Waals surface area contributed by atoms with E-state index >= 15 is 0 Å². The first-order chi connectivity index (χ1) is 9.87. The van der Waals surface area contributed by atoms with E-state index in [2.05, 4.69) is 10.2 Å². The highest BCUT2D eigenvalue weighted by molar-refractivity contribution is 5.11. The predicted octanol–water partition coefficient (Wildman–Crippen LogP) is 1.79. The highest BCUT2D eigenvalue weighted by Gasteiger charge is 2.56. The molecule has 1 N–H and O–H groups in total. The van der Waals surface area contributed by atoms with Gasteiger partial charge in [-0.1, -0.05) is 19.3 Å². The molecule has 0 radical (unpaired) electrons. The van der Waals surface area contributed by atoms with Crippen LogP contribution < -0.4 is 5.32 Å². The molecule has 0 bridgehead atoms. The van der Waals surface area contributed by atoms with E-state index in [4.69, 9.17) is 9.47 Å². The second-order valence-corrected chi connectivity index (χ2v) is 6.65. The summed E-state index contributed by atoms with van der Waals surface area (Å²) in [6.45, 7) is 5.00. The molecule has 20 heavy (non-hydrogen) atoms. The molecule has 4 nitrogen and oxygen atoms in total. The molecule has 1 saturated carbocycles. The summed E-state index contributed by atoms with van der Waals surface area (Å²) in [5.41, 5.74) is 0.369. The van der Waals surface area contributed by atoms with Crippen molar-refractivity contribution in [2.45, 2.75) is 62.6 Å². The molecule has 1 spiro atoms. The van der Waals surface area contributed by atoms with Gasteiger partial charge >= 0.3 is 0 Å². The van der Waals surface area contributed by atoms with Gasteiger partial charge in [-0.2, -0.15) is 0 Å². The van der Waals surface area contributed by atoms with Gasteiger partial charge in [-0.15, -0.1) is 0 Å². The van der Waals surface area contributed by atoms with Gasteiger partial charge in [0.1, 0.15) is 0 Å². The van der Waals surface area contributed by atoms with Gasteiger partial charge in [0, 0.05) is 25.2 Å². The Balaban J connectivity index is 1.62. The molecule has 0 unspecified atom stereocenters. The van der Waals surface area contributed by atoms with Crippen LogP contribution >= 0.6 is 0 Å². The van der Waals surface area contributed by atoms with Crippen LogP contribution in [0.1, 0.15) is 44.9 Å². The Morgan fingerprint density at radius 3 is 2.55 bits per heavy atom. The molecule has 1 aliphatic carbocycles. The van der Waals surface area contributed by atoms with E-state index < -0.39 is 0 Å². The molecular weight excluding hydrogens is 252 g/mol. The van der Waals surface area contributed by atoms with Crippen molar-refractivity contribution in [3.05, 3.63) is 0 Å². The lowest BCUT2D eigenvalue weighted by atomic mass is 9.69. The summed E-state index contributed by atoms with van der Waals surface area (Å²) >= 11 is 0. The van der Waals surface area contributed by atoms with Crippen LogP contribution in [-0.2, 0) is 9.47 Å². The molecule has 0 aromatic carbocycles. The van der Waals surface area contributed by atoms with E-state index in [9.17, 15) is 0 Å². The van der Waals surface area contributed by atoms with E-state index in [1.165, 1.54) is 58.0 Å². The highest BCUT2D eigenvalue weighted by atomic mass is 16.5. The standard InChI is InChI=1S/C16H30N2O2/c1-19-11-12-20-15-13-18(14-5-9-17-10-6-14)16(15)7-3-2-4-8-16/h14-15,17H,2-13H2,1H3/t15-/m1/s1. The highest BCUT2D eigenvalue weighted by Crippen LogP contribution is 2.47. The van der Waals surface area contributed by atoms with Crippen molar-refractivity contribution in [2.75, 3.05) is 40.0 Å². The second-order valence-electron chi connectivity index (χ2n) is 6.65. The quantitative estimate of drug-likeness (QED) is 0.780. The Labute approximate surface area is 123 Å². The fraction of sp³-hybridized carbons (Fsp3) is 1.00. The third kappa shape index (κ3) is 2.76. The third-order valence-corrected chi connectivity index (χ3v) is 5.61. The Bertz CT molecular complexity index is 299. The monoisotopic (exact) mass is 282 g/mol. The van der Waals surface area contributed by atoms with Crippen LogP contribution in [0.15, 0.2) is 0 Å². The number of ether oxygens (including phenoxy) is 2. The smallest absolute Gasteiger partial charge is 0.0886 e. The lowest BCUT2D eigenvalue weighted by molar-refractivity contribution is -0.202. The summed E-state index contributed by atoms with van der Waals surface area (Å²) in [7, 11) is 1.75. The molecule has 1 atom stereocenters. The fourth-order valence-corrected chi connectivity index (χ4v) is 4.49. The molecule has 2 heterocycles. The molecule has 0 aromatic rings. The van der Waals surface area contributed by atoms with Crippen LogP contribution in [0, 0.1) is 0 Å². The van der Waals surface area contributed by atoms with E-state index in [1.54, 1.807) is 7.11 Å². The Kier molecular flexibility index (Phi) is 4.97. The van der Waals surface area contributed by atoms with Crippen molar-refractivity contribution in [1.82, 2.24) is 10.2 Å². The van der Waals surface area contributed by atoms with Crippen molar-refractivity contribution >= 4 is 0 Å². The maximum absolute atomic E-state index is 6.15. The van der Waals surface area contributed by atoms with Crippen molar-refractivity contribution in [1.29, 1.82) is 0 Å². The Hall–Kier alpha value is -0.160. The van der Waals surface area contributed by atoms with E-state index in [0.717, 1.165) is 25.8 Å². The normalized spacial score (nSPS) is 31.4. The largest absolute Gasteiger partial charge is 0.382 e. The minimum atomic E-state index is 0.369. The zero-order chi connectivity index (χ0) is 13.8. The van der Waals surface area contributed by atoms with Crippen LogP contribution in [0.4, 0.5) is 0 Å². The van der Waals surface area contributed by atoms with Gasteiger partial charge in [0.25, 0.3) is 0 Å². The lowest BCUT2D eigenvalue weighted by Gasteiger charge is -2.63. The number of nitrogens with zero attached hydrogens (tertiary/aromatic N) is 1. The summed E-state index contributed by atoms with van der Waals surface area (Å²) < 4.78 is 11.3. The van der Waals surface area contributed by atoms with Crippen LogP contribution in [0.3, 0.4) is 0 Å². The molecule has 116 valence electrons. The van der Waals surface area contributed by atoms with E-state index in [-0.39, 0.29) is 0 Å². The topological polar surface area (TPSA) is 33.7 Å². The Morgan fingerprint density at radius 2 is 1.85 bits per heavy atom. The zero-order valence-corrected chi connectivity index (χ0v) is 12.9. The summed E-state index contributed by atoms with van der Waals surface area (Å²) in [5.74, 6) is 0. The number of likely N-dealkylation sites (tertiary alicyclic amines) is 1. The molecular formula is C16H30N2O2. The molecule has 3 aliphatic rings. The third-order valence-electron chi connectivity index (χ3n) is 5.61. The molecule has 0 amide bonds. The average Bonchev–Trinajstić information content (AvgIpc) is 2.52.